The van der Waals surface area contributed by atoms with Gasteiger partial charge in [-0.25, -0.2) is 0 Å². The quantitative estimate of drug-likeness (QED) is 0.659. The standard InChI is InChI=1S/C15H23N/c1-15(2,3)12-9-8-11-6-4-5-7-14(16)13(11)10-12/h8-10,14H,4-7,16H2,1-3H3/t14-/m1/s1. The monoisotopic (exact) mass is 217 g/mol. The van der Waals surface area contributed by atoms with Gasteiger partial charge in [-0.2, -0.15) is 0 Å². The van der Waals surface area contributed by atoms with Crippen LogP contribution in [0.15, 0.2) is 18.2 Å². The first-order chi connectivity index (χ1) is 7.48. The Labute approximate surface area is 99.0 Å². The van der Waals surface area contributed by atoms with E-state index in [1.54, 1.807) is 0 Å². The van der Waals surface area contributed by atoms with Crippen LogP contribution in [-0.2, 0) is 11.8 Å². The third-order valence-corrected chi connectivity index (χ3v) is 3.62. The maximum atomic E-state index is 6.26. The van der Waals surface area contributed by atoms with E-state index in [1.165, 1.54) is 36.0 Å². The predicted molar refractivity (Wildman–Crippen MR) is 69.6 cm³/mol. The van der Waals surface area contributed by atoms with E-state index in [4.69, 9.17) is 5.73 Å². The van der Waals surface area contributed by atoms with Gasteiger partial charge in [0.2, 0.25) is 0 Å². The number of fused-ring (bicyclic) bond motifs is 1. The number of aryl methyl sites for hydroxylation is 1. The molecule has 1 heteroatoms. The Morgan fingerprint density at radius 2 is 1.94 bits per heavy atom. The minimum absolute atomic E-state index is 0.223. The van der Waals surface area contributed by atoms with Crippen LogP contribution in [0.25, 0.3) is 0 Å². The molecule has 1 aliphatic carbocycles. The molecule has 0 saturated heterocycles. The summed E-state index contributed by atoms with van der Waals surface area (Å²) in [6, 6.07) is 7.16. The van der Waals surface area contributed by atoms with Crippen molar-refractivity contribution in [3.8, 4) is 0 Å². The van der Waals surface area contributed by atoms with Crippen LogP contribution in [-0.4, -0.2) is 0 Å². The van der Waals surface area contributed by atoms with E-state index in [2.05, 4.69) is 39.0 Å². The molecule has 0 heterocycles. The SMILES string of the molecule is CC(C)(C)c1ccc2c(c1)[C@H](N)CCCC2. The van der Waals surface area contributed by atoms with Gasteiger partial charge in [0.1, 0.15) is 0 Å². The van der Waals surface area contributed by atoms with Gasteiger partial charge in [-0.1, -0.05) is 45.4 Å². The van der Waals surface area contributed by atoms with Crippen molar-refractivity contribution >= 4 is 0 Å². The fourth-order valence-corrected chi connectivity index (χ4v) is 2.47. The number of nitrogens with two attached hydrogens (primary N) is 1. The van der Waals surface area contributed by atoms with Crippen LogP contribution in [0.5, 0.6) is 0 Å². The molecule has 2 rings (SSSR count). The summed E-state index contributed by atoms with van der Waals surface area (Å²) in [6.45, 7) is 6.78. The maximum absolute atomic E-state index is 6.26. The third kappa shape index (κ3) is 2.30. The lowest BCUT2D eigenvalue weighted by Gasteiger charge is -2.22. The number of hydrogen-bond acceptors (Lipinski definition) is 1. The van der Waals surface area contributed by atoms with E-state index < -0.39 is 0 Å². The molecule has 0 fully saturated rings. The molecule has 88 valence electrons. The molecule has 2 N–H and O–H groups in total. The summed E-state index contributed by atoms with van der Waals surface area (Å²) >= 11 is 0. The van der Waals surface area contributed by atoms with E-state index >= 15 is 0 Å². The molecule has 1 nitrogen and oxygen atoms in total. The summed E-state index contributed by atoms with van der Waals surface area (Å²) in [7, 11) is 0. The van der Waals surface area contributed by atoms with Gasteiger partial charge in [-0.15, -0.1) is 0 Å². The van der Waals surface area contributed by atoms with Crippen molar-refractivity contribution in [1.82, 2.24) is 0 Å². The summed E-state index contributed by atoms with van der Waals surface area (Å²) < 4.78 is 0. The van der Waals surface area contributed by atoms with Gasteiger partial charge in [-0.05, 0) is 41.4 Å². The fourth-order valence-electron chi connectivity index (χ4n) is 2.47. The molecule has 1 aliphatic rings. The molecule has 1 aromatic rings. The molecule has 1 aromatic carbocycles. The van der Waals surface area contributed by atoms with E-state index in [1.807, 2.05) is 0 Å². The third-order valence-electron chi connectivity index (χ3n) is 3.62. The average Bonchev–Trinajstić information content (AvgIpc) is 2.39. The van der Waals surface area contributed by atoms with E-state index in [0.29, 0.717) is 0 Å². The van der Waals surface area contributed by atoms with Gasteiger partial charge in [0.25, 0.3) is 0 Å². The van der Waals surface area contributed by atoms with Crippen molar-refractivity contribution in [2.24, 2.45) is 5.73 Å². The summed E-state index contributed by atoms with van der Waals surface area (Å²) in [6.07, 6.45) is 4.89. The van der Waals surface area contributed by atoms with Crippen molar-refractivity contribution < 1.29 is 0 Å². The van der Waals surface area contributed by atoms with E-state index in [9.17, 15) is 0 Å². The van der Waals surface area contributed by atoms with Crippen molar-refractivity contribution in [1.29, 1.82) is 0 Å². The molecule has 16 heavy (non-hydrogen) atoms. The Morgan fingerprint density at radius 3 is 2.62 bits per heavy atom. The normalized spacial score (nSPS) is 21.4. The van der Waals surface area contributed by atoms with Gasteiger partial charge >= 0.3 is 0 Å². The smallest absolute Gasteiger partial charge is 0.0297 e. The molecule has 0 bridgehead atoms. The van der Waals surface area contributed by atoms with E-state index in [-0.39, 0.29) is 11.5 Å². The molecule has 0 radical (unpaired) electrons. The highest BCUT2D eigenvalue weighted by atomic mass is 14.6. The lowest BCUT2D eigenvalue weighted by atomic mass is 9.84. The topological polar surface area (TPSA) is 26.0 Å². The van der Waals surface area contributed by atoms with Gasteiger partial charge < -0.3 is 5.73 Å². The summed E-state index contributed by atoms with van der Waals surface area (Å²) in [5, 5.41) is 0. The molecule has 0 aromatic heterocycles. The van der Waals surface area contributed by atoms with Crippen LogP contribution < -0.4 is 5.73 Å². The lowest BCUT2D eigenvalue weighted by Crippen LogP contribution is -2.15. The zero-order valence-corrected chi connectivity index (χ0v) is 10.7. The predicted octanol–water partition coefficient (Wildman–Crippen LogP) is 3.71. The Balaban J connectivity index is 2.43. The van der Waals surface area contributed by atoms with Crippen LogP contribution >= 0.6 is 0 Å². The second kappa shape index (κ2) is 4.21. The molecular formula is C15H23N. The van der Waals surface area contributed by atoms with Crippen molar-refractivity contribution in [3.05, 3.63) is 34.9 Å². The first-order valence-corrected chi connectivity index (χ1v) is 6.37. The molecule has 0 saturated carbocycles. The molecule has 0 spiro atoms. The highest BCUT2D eigenvalue weighted by Gasteiger charge is 2.19. The minimum atomic E-state index is 0.223. The van der Waals surface area contributed by atoms with Crippen LogP contribution in [0.4, 0.5) is 0 Å². The molecule has 0 aliphatic heterocycles. The second-order valence-corrected chi connectivity index (χ2v) is 6.02. The van der Waals surface area contributed by atoms with Crippen molar-refractivity contribution in [3.63, 3.8) is 0 Å². The van der Waals surface area contributed by atoms with Crippen LogP contribution in [0.3, 0.4) is 0 Å². The summed E-state index contributed by atoms with van der Waals surface area (Å²) in [5.74, 6) is 0. The van der Waals surface area contributed by atoms with Gasteiger partial charge in [-0.3, -0.25) is 0 Å². The zero-order chi connectivity index (χ0) is 11.8. The first kappa shape index (κ1) is 11.7. The number of hydrogen-bond donors (Lipinski definition) is 1. The van der Waals surface area contributed by atoms with Crippen LogP contribution in [0.1, 0.15) is 62.8 Å². The highest BCUT2D eigenvalue weighted by molar-refractivity contribution is 5.37. The number of benzene rings is 1. The van der Waals surface area contributed by atoms with Gasteiger partial charge in [0.15, 0.2) is 0 Å². The molecule has 1 atom stereocenters. The zero-order valence-electron chi connectivity index (χ0n) is 10.7. The van der Waals surface area contributed by atoms with Gasteiger partial charge in [0.05, 0.1) is 0 Å². The molecule has 0 unspecified atom stereocenters. The average molecular weight is 217 g/mol. The van der Waals surface area contributed by atoms with Crippen molar-refractivity contribution in [2.75, 3.05) is 0 Å². The Hall–Kier alpha value is -0.820. The fraction of sp³-hybridized carbons (Fsp3) is 0.600. The molecular weight excluding hydrogens is 194 g/mol. The Kier molecular flexibility index (Phi) is 3.07. The van der Waals surface area contributed by atoms with Gasteiger partial charge in [0, 0.05) is 6.04 Å². The highest BCUT2D eigenvalue weighted by Crippen LogP contribution is 2.31. The second-order valence-electron chi connectivity index (χ2n) is 6.02. The lowest BCUT2D eigenvalue weighted by molar-refractivity contribution is 0.583. The largest absolute Gasteiger partial charge is 0.324 e. The minimum Gasteiger partial charge on any atom is -0.324 e. The molecule has 0 amide bonds. The van der Waals surface area contributed by atoms with E-state index in [0.717, 1.165) is 6.42 Å². The van der Waals surface area contributed by atoms with Crippen LogP contribution in [0.2, 0.25) is 0 Å². The van der Waals surface area contributed by atoms with Crippen molar-refractivity contribution in [2.45, 2.75) is 57.9 Å². The summed E-state index contributed by atoms with van der Waals surface area (Å²) in [4.78, 5) is 0. The van der Waals surface area contributed by atoms with Crippen LogP contribution in [0, 0.1) is 0 Å². The maximum Gasteiger partial charge on any atom is 0.0297 e. The summed E-state index contributed by atoms with van der Waals surface area (Å²) in [5.41, 5.74) is 10.8. The Morgan fingerprint density at radius 1 is 1.19 bits per heavy atom. The first-order valence-electron chi connectivity index (χ1n) is 6.37. The number of rotatable bonds is 0. The Bertz CT molecular complexity index is 374.